The highest BCUT2D eigenvalue weighted by Gasteiger charge is 2.17. The lowest BCUT2D eigenvalue weighted by atomic mass is 10.3. The van der Waals surface area contributed by atoms with E-state index in [1.807, 2.05) is 0 Å². The first-order valence-corrected chi connectivity index (χ1v) is 8.34. The molecule has 0 aliphatic rings. The Hall–Kier alpha value is -1.19. The topological polar surface area (TPSA) is 81.2 Å². The van der Waals surface area contributed by atoms with E-state index < -0.39 is 10.0 Å². The van der Waals surface area contributed by atoms with E-state index in [9.17, 15) is 8.42 Å². The average molecular weight is 423 g/mol. The summed E-state index contributed by atoms with van der Waals surface area (Å²) in [4.78, 5) is 8.06. The number of benzene rings is 1. The van der Waals surface area contributed by atoms with Gasteiger partial charge in [0.2, 0.25) is 0 Å². The molecular weight excluding hydrogens is 414 g/mol. The fraction of sp³-hybridized carbons (Fsp3) is 0.0909. The van der Waals surface area contributed by atoms with Crippen LogP contribution in [0.1, 0.15) is 0 Å². The van der Waals surface area contributed by atoms with Crippen molar-refractivity contribution in [2.24, 2.45) is 0 Å². The molecule has 0 radical (unpaired) electrons. The van der Waals surface area contributed by atoms with Gasteiger partial charge in [0.15, 0.2) is 10.4 Å². The molecule has 0 aliphatic heterocycles. The molecule has 0 saturated heterocycles. The van der Waals surface area contributed by atoms with Crippen molar-refractivity contribution in [2.45, 2.75) is 4.90 Å². The summed E-state index contributed by atoms with van der Waals surface area (Å²) in [5.41, 5.74) is 0. The summed E-state index contributed by atoms with van der Waals surface area (Å²) in [6.45, 7) is 0. The van der Waals surface area contributed by atoms with Crippen molar-refractivity contribution in [3.05, 3.63) is 39.7 Å². The summed E-state index contributed by atoms with van der Waals surface area (Å²) < 4.78 is 32.5. The maximum Gasteiger partial charge on any atom is 0.263 e. The van der Waals surface area contributed by atoms with Gasteiger partial charge in [0.25, 0.3) is 10.0 Å². The van der Waals surface area contributed by atoms with Crippen LogP contribution in [0, 0.1) is 0 Å². The van der Waals surface area contributed by atoms with Crippen LogP contribution < -0.4 is 9.46 Å². The minimum absolute atomic E-state index is 0.106. The first-order valence-electron chi connectivity index (χ1n) is 5.27. The van der Waals surface area contributed by atoms with Crippen molar-refractivity contribution < 1.29 is 13.2 Å². The van der Waals surface area contributed by atoms with Crippen LogP contribution in [0.15, 0.2) is 44.6 Å². The normalized spacial score (nSPS) is 11.2. The Labute approximate surface area is 132 Å². The maximum absolute atomic E-state index is 12.2. The summed E-state index contributed by atoms with van der Waals surface area (Å²) in [6.07, 6.45) is 1.40. The molecule has 0 spiro atoms. The number of methoxy groups -OCH3 is 1. The van der Waals surface area contributed by atoms with E-state index in [4.69, 9.17) is 4.74 Å². The maximum atomic E-state index is 12.2. The van der Waals surface area contributed by atoms with Gasteiger partial charge in [-0.05, 0) is 56.1 Å². The predicted octanol–water partition coefficient (Wildman–Crippen LogP) is 2.81. The number of nitrogens with zero attached hydrogens (tertiary/aromatic N) is 2. The van der Waals surface area contributed by atoms with Gasteiger partial charge in [-0.1, -0.05) is 0 Å². The van der Waals surface area contributed by atoms with Gasteiger partial charge in [0.05, 0.1) is 18.2 Å². The molecule has 1 N–H and O–H groups in total. The van der Waals surface area contributed by atoms with E-state index in [2.05, 4.69) is 46.5 Å². The lowest BCUT2D eigenvalue weighted by Gasteiger charge is -2.09. The van der Waals surface area contributed by atoms with Gasteiger partial charge >= 0.3 is 0 Å². The summed E-state index contributed by atoms with van der Waals surface area (Å²) in [5.74, 6) is 0.692. The molecule has 9 heteroatoms. The third kappa shape index (κ3) is 3.47. The largest absolute Gasteiger partial charge is 0.497 e. The Balaban J connectivity index is 2.30. The molecule has 0 bridgehead atoms. The minimum Gasteiger partial charge on any atom is -0.497 e. The van der Waals surface area contributed by atoms with Crippen LogP contribution in [0.4, 0.5) is 5.82 Å². The van der Waals surface area contributed by atoms with E-state index in [1.54, 1.807) is 12.1 Å². The summed E-state index contributed by atoms with van der Waals surface area (Å²) in [6, 6.07) is 6.02. The second-order valence-electron chi connectivity index (χ2n) is 3.61. The van der Waals surface area contributed by atoms with E-state index >= 15 is 0 Å². The van der Waals surface area contributed by atoms with Gasteiger partial charge in [-0.2, -0.15) is 0 Å². The summed E-state index contributed by atoms with van der Waals surface area (Å²) >= 11 is 6.29. The molecule has 20 heavy (non-hydrogen) atoms. The fourth-order valence-corrected chi connectivity index (χ4v) is 3.41. The van der Waals surface area contributed by atoms with Crippen molar-refractivity contribution in [3.8, 4) is 5.75 Å². The van der Waals surface area contributed by atoms with Crippen LogP contribution in [0.25, 0.3) is 0 Å². The van der Waals surface area contributed by atoms with Crippen LogP contribution in [-0.2, 0) is 10.0 Å². The monoisotopic (exact) mass is 421 g/mol. The molecule has 0 amide bonds. The van der Waals surface area contributed by atoms with Crippen LogP contribution in [0.3, 0.4) is 0 Å². The third-order valence-corrected chi connectivity index (χ3v) is 4.59. The highest BCUT2D eigenvalue weighted by Crippen LogP contribution is 2.23. The van der Waals surface area contributed by atoms with E-state index in [0.717, 1.165) is 0 Å². The van der Waals surface area contributed by atoms with Crippen molar-refractivity contribution >= 4 is 47.7 Å². The van der Waals surface area contributed by atoms with Crippen LogP contribution >= 0.6 is 31.9 Å². The molecule has 0 fully saturated rings. The number of ether oxygens (including phenoxy) is 1. The molecule has 1 heterocycles. The molecular formula is C11H9Br2N3O3S. The quantitative estimate of drug-likeness (QED) is 0.819. The molecule has 0 saturated carbocycles. The Morgan fingerprint density at radius 2 is 1.85 bits per heavy atom. The molecule has 1 aromatic carbocycles. The van der Waals surface area contributed by atoms with Crippen LogP contribution in [-0.4, -0.2) is 25.5 Å². The second-order valence-corrected chi connectivity index (χ2v) is 6.86. The highest BCUT2D eigenvalue weighted by atomic mass is 79.9. The van der Waals surface area contributed by atoms with Gasteiger partial charge in [-0.25, -0.2) is 18.4 Å². The zero-order valence-corrected chi connectivity index (χ0v) is 14.2. The Morgan fingerprint density at radius 3 is 2.40 bits per heavy atom. The highest BCUT2D eigenvalue weighted by molar-refractivity contribution is 9.11. The van der Waals surface area contributed by atoms with Crippen LogP contribution in [0.2, 0.25) is 0 Å². The molecule has 106 valence electrons. The van der Waals surface area contributed by atoms with Gasteiger partial charge in [0, 0.05) is 0 Å². The van der Waals surface area contributed by atoms with E-state index in [-0.39, 0.29) is 10.7 Å². The van der Waals surface area contributed by atoms with Crippen molar-refractivity contribution in [1.82, 2.24) is 9.97 Å². The lowest BCUT2D eigenvalue weighted by molar-refractivity contribution is 0.414. The Kier molecular flexibility index (Phi) is 4.61. The van der Waals surface area contributed by atoms with E-state index in [0.29, 0.717) is 15.0 Å². The average Bonchev–Trinajstić information content (AvgIpc) is 2.42. The minimum atomic E-state index is -3.73. The molecule has 2 rings (SSSR count). The first-order chi connectivity index (χ1) is 9.42. The molecule has 0 aliphatic carbocycles. The Morgan fingerprint density at radius 1 is 1.20 bits per heavy atom. The number of halogens is 2. The molecule has 6 nitrogen and oxygen atoms in total. The molecule has 1 aromatic heterocycles. The molecule has 2 aromatic rings. The second kappa shape index (κ2) is 6.06. The van der Waals surface area contributed by atoms with Gasteiger partial charge in [0.1, 0.15) is 10.4 Å². The van der Waals surface area contributed by atoms with E-state index in [1.165, 1.54) is 25.4 Å². The van der Waals surface area contributed by atoms with Crippen molar-refractivity contribution in [2.75, 3.05) is 11.8 Å². The van der Waals surface area contributed by atoms with Crippen molar-refractivity contribution in [1.29, 1.82) is 0 Å². The molecule has 0 unspecified atom stereocenters. The fourth-order valence-electron chi connectivity index (χ4n) is 1.36. The zero-order valence-electron chi connectivity index (χ0n) is 10.2. The Bertz CT molecular complexity index is 720. The van der Waals surface area contributed by atoms with Gasteiger partial charge in [-0.15, -0.1) is 0 Å². The lowest BCUT2D eigenvalue weighted by Crippen LogP contribution is -2.14. The third-order valence-electron chi connectivity index (χ3n) is 2.30. The number of nitrogens with one attached hydrogen (secondary N) is 1. The molecule has 0 atom stereocenters. The zero-order chi connectivity index (χ0) is 14.8. The number of rotatable bonds is 4. The smallest absolute Gasteiger partial charge is 0.263 e. The standard InChI is InChI=1S/C11H9Br2N3O3S/c1-19-7-2-4-8(5-3-7)20(17,18)16-11-10(13)15-9(12)6-14-11/h2-6H,1H3,(H,14,16). The first kappa shape index (κ1) is 15.2. The van der Waals surface area contributed by atoms with Gasteiger partial charge < -0.3 is 4.74 Å². The summed E-state index contributed by atoms with van der Waals surface area (Å²) in [5, 5.41) is 0. The number of aromatic nitrogens is 2. The number of hydrogen-bond acceptors (Lipinski definition) is 5. The van der Waals surface area contributed by atoms with Crippen molar-refractivity contribution in [3.63, 3.8) is 0 Å². The number of anilines is 1. The number of sulfonamides is 1. The SMILES string of the molecule is COc1ccc(S(=O)(=O)Nc2ncc(Br)nc2Br)cc1. The van der Waals surface area contributed by atoms with Gasteiger partial charge in [-0.3, -0.25) is 4.72 Å². The van der Waals surface area contributed by atoms with Crippen LogP contribution in [0.5, 0.6) is 5.75 Å². The summed E-state index contributed by atoms with van der Waals surface area (Å²) in [7, 11) is -2.22. The predicted molar refractivity (Wildman–Crippen MR) is 81.2 cm³/mol. The number of hydrogen-bond donors (Lipinski definition) is 1.